The van der Waals surface area contributed by atoms with Crippen molar-refractivity contribution in [2.75, 3.05) is 33.4 Å². The van der Waals surface area contributed by atoms with Crippen molar-refractivity contribution in [3.05, 3.63) is 78.4 Å². The van der Waals surface area contributed by atoms with Gasteiger partial charge in [-0.15, -0.1) is 13.2 Å². The number of carbonyl (C=O) groups excluding carboxylic acids is 1. The van der Waals surface area contributed by atoms with Crippen LogP contribution >= 0.6 is 0 Å². The van der Waals surface area contributed by atoms with Crippen LogP contribution in [0.4, 0.5) is 13.2 Å². The van der Waals surface area contributed by atoms with Crippen molar-refractivity contribution in [3.63, 3.8) is 0 Å². The van der Waals surface area contributed by atoms with Crippen molar-refractivity contribution in [3.8, 4) is 17.2 Å². The molecule has 0 aromatic heterocycles. The summed E-state index contributed by atoms with van der Waals surface area (Å²) in [4.78, 5) is 12.9. The number of methoxy groups -OCH3 is 1. The topological polar surface area (TPSA) is 169 Å². The van der Waals surface area contributed by atoms with Gasteiger partial charge < -0.3 is 19.5 Å². The molecular weight excluding hydrogens is 657 g/mol. The zero-order valence-corrected chi connectivity index (χ0v) is 26.4. The maximum atomic E-state index is 13.6. The quantitative estimate of drug-likeness (QED) is 0.157. The second kappa shape index (κ2) is 15.2. The van der Waals surface area contributed by atoms with E-state index in [1.165, 1.54) is 55.6 Å². The molecule has 1 aliphatic rings. The molecule has 252 valence electrons. The molecule has 1 fully saturated rings. The highest BCUT2D eigenvalue weighted by molar-refractivity contribution is 7.93. The van der Waals surface area contributed by atoms with Crippen molar-refractivity contribution in [2.24, 2.45) is 0 Å². The zero-order valence-electron chi connectivity index (χ0n) is 24.7. The maximum absolute atomic E-state index is 13.6. The molecule has 0 bridgehead atoms. The first kappa shape index (κ1) is 36.7. The first-order chi connectivity index (χ1) is 21.5. The third-order valence-electron chi connectivity index (χ3n) is 6.80. The number of carbonyl (C=O) groups is 1. The Hall–Kier alpha value is -3.74. The summed E-state index contributed by atoms with van der Waals surface area (Å²) in [7, 11) is -6.84. The summed E-state index contributed by atoms with van der Waals surface area (Å²) in [5.74, 6) is -0.901. The Kier molecular flexibility index (Phi) is 12.2. The lowest BCUT2D eigenvalue weighted by molar-refractivity contribution is -0.274. The predicted octanol–water partition coefficient (Wildman–Crippen LogP) is 4.38. The first-order valence-electron chi connectivity index (χ1n) is 13.6. The van der Waals surface area contributed by atoms with Crippen molar-refractivity contribution in [1.29, 1.82) is 0 Å². The van der Waals surface area contributed by atoms with Crippen LogP contribution in [0, 0.1) is 6.92 Å². The number of ether oxygens (including phenoxy) is 3. The Bertz CT molecular complexity index is 1660. The highest BCUT2D eigenvalue weighted by atomic mass is 32.2. The number of aryl methyl sites for hydroxylation is 1. The second-order valence-corrected chi connectivity index (χ2v) is 13.7. The van der Waals surface area contributed by atoms with Crippen LogP contribution in [0.5, 0.6) is 17.2 Å². The lowest BCUT2D eigenvalue weighted by atomic mass is 9.95. The van der Waals surface area contributed by atoms with E-state index in [1.807, 2.05) is 6.92 Å². The molecular formula is C29H33F3N2O10S2. The van der Waals surface area contributed by atoms with E-state index in [4.69, 9.17) is 14.0 Å². The lowest BCUT2D eigenvalue weighted by Gasteiger charge is -2.37. The lowest BCUT2D eigenvalue weighted by Crippen LogP contribution is -2.58. The molecule has 46 heavy (non-hydrogen) atoms. The number of hydroxylamine groups is 2. The van der Waals surface area contributed by atoms with Gasteiger partial charge in [-0.05, 0) is 93.5 Å². The van der Waals surface area contributed by atoms with Gasteiger partial charge >= 0.3 is 6.36 Å². The summed E-state index contributed by atoms with van der Waals surface area (Å²) in [6.07, 6.45) is -4.86. The Balaban J connectivity index is 0.000000441. The third kappa shape index (κ3) is 9.63. The third-order valence-corrected chi connectivity index (χ3v) is 10.2. The molecule has 17 heteroatoms. The van der Waals surface area contributed by atoms with Crippen LogP contribution in [-0.4, -0.2) is 82.0 Å². The Morgan fingerprint density at radius 3 is 1.83 bits per heavy atom. The number of hydrogen-bond donors (Lipinski definition) is 3. The molecule has 3 aromatic carbocycles. The molecule has 3 aromatic rings. The highest BCUT2D eigenvalue weighted by Crippen LogP contribution is 2.36. The Morgan fingerprint density at radius 2 is 1.35 bits per heavy atom. The average molecular weight is 691 g/mol. The number of rotatable bonds is 10. The fourth-order valence-corrected chi connectivity index (χ4v) is 6.91. The molecule has 3 N–H and O–H groups in total. The molecule has 1 aliphatic heterocycles. The van der Waals surface area contributed by atoms with Gasteiger partial charge in [0.05, 0.1) is 22.9 Å². The predicted molar refractivity (Wildman–Crippen MR) is 158 cm³/mol. The van der Waals surface area contributed by atoms with Crippen molar-refractivity contribution in [1.82, 2.24) is 10.4 Å². The molecule has 4 rings (SSSR count). The molecule has 0 aliphatic carbocycles. The number of alkyl halides is 3. The summed E-state index contributed by atoms with van der Waals surface area (Å²) < 4.78 is 106. The maximum Gasteiger partial charge on any atom is 0.573 e. The van der Waals surface area contributed by atoms with E-state index >= 15 is 0 Å². The minimum absolute atomic E-state index is 0.0250. The van der Waals surface area contributed by atoms with Crippen LogP contribution in [0.15, 0.2) is 82.6 Å². The molecule has 0 radical (unpaired) electrons. The van der Waals surface area contributed by atoms with Gasteiger partial charge in [0.2, 0.25) is 0 Å². The van der Waals surface area contributed by atoms with Gasteiger partial charge in [-0.25, -0.2) is 13.5 Å². The van der Waals surface area contributed by atoms with E-state index < -0.39 is 42.7 Å². The van der Waals surface area contributed by atoms with Gasteiger partial charge in [0.15, 0.2) is 14.6 Å². The SMILES string of the molecule is COCCN(O)C(=O)C1(S(=O)(=O)c2ccc(Oc3ccc(OC(F)(F)F)cc3)cc2)CCNCC1.Cc1ccc(S(=O)(=O)O)cc1. The monoisotopic (exact) mass is 690 g/mol. The van der Waals surface area contributed by atoms with Crippen LogP contribution in [0.1, 0.15) is 18.4 Å². The van der Waals surface area contributed by atoms with E-state index in [-0.39, 0.29) is 60.4 Å². The number of nitrogens with zero attached hydrogens (tertiary/aromatic N) is 1. The van der Waals surface area contributed by atoms with Crippen molar-refractivity contribution < 1.29 is 58.8 Å². The summed E-state index contributed by atoms with van der Waals surface area (Å²) in [5, 5.41) is 13.6. The smallest absolute Gasteiger partial charge is 0.457 e. The normalized spacial score (nSPS) is 14.8. The second-order valence-electron chi connectivity index (χ2n) is 10.0. The standard InChI is InChI=1S/C22H25F3N2O7S.C7H8O3S/c1-32-15-14-27(29)20(28)21(10-12-26-13-11-21)35(30,31)19-8-6-17(7-9-19)33-16-2-4-18(5-3-16)34-22(23,24)25;1-6-2-4-7(5-3-6)11(8,9)10/h2-9,26,29H,10-15H2,1H3;2-5H,1H3,(H,8,9,10). The molecule has 1 amide bonds. The number of piperidine rings is 1. The van der Waals surface area contributed by atoms with E-state index in [9.17, 15) is 40.0 Å². The zero-order chi connectivity index (χ0) is 34.2. The minimum Gasteiger partial charge on any atom is -0.457 e. The van der Waals surface area contributed by atoms with Gasteiger partial charge in [0.25, 0.3) is 16.0 Å². The fraction of sp³-hybridized carbons (Fsp3) is 0.345. The van der Waals surface area contributed by atoms with Crippen LogP contribution in [-0.2, 0) is 29.5 Å². The summed E-state index contributed by atoms with van der Waals surface area (Å²) in [5.41, 5.74) is 0.956. The van der Waals surface area contributed by atoms with Gasteiger partial charge in [-0.3, -0.25) is 14.6 Å². The Labute approximate surface area is 264 Å². The van der Waals surface area contributed by atoms with E-state index in [1.54, 1.807) is 12.1 Å². The molecule has 1 heterocycles. The van der Waals surface area contributed by atoms with E-state index in [2.05, 4.69) is 10.1 Å². The molecule has 1 saturated heterocycles. The van der Waals surface area contributed by atoms with Crippen LogP contribution < -0.4 is 14.8 Å². The molecule has 0 unspecified atom stereocenters. The summed E-state index contributed by atoms with van der Waals surface area (Å²) in [6, 6.07) is 16.0. The number of halogens is 3. The van der Waals surface area contributed by atoms with Crippen LogP contribution in [0.25, 0.3) is 0 Å². The molecule has 12 nitrogen and oxygen atoms in total. The summed E-state index contributed by atoms with van der Waals surface area (Å²) >= 11 is 0. The van der Waals surface area contributed by atoms with Crippen molar-refractivity contribution in [2.45, 2.75) is 40.7 Å². The number of amides is 1. The van der Waals surface area contributed by atoms with Gasteiger partial charge in [0, 0.05) is 7.11 Å². The van der Waals surface area contributed by atoms with Gasteiger partial charge in [0.1, 0.15) is 17.2 Å². The van der Waals surface area contributed by atoms with Crippen LogP contribution in [0.3, 0.4) is 0 Å². The number of nitrogens with one attached hydrogen (secondary N) is 1. The van der Waals surface area contributed by atoms with Crippen LogP contribution in [0.2, 0.25) is 0 Å². The Morgan fingerprint density at radius 1 is 0.870 bits per heavy atom. The van der Waals surface area contributed by atoms with E-state index in [0.29, 0.717) is 5.06 Å². The highest BCUT2D eigenvalue weighted by Gasteiger charge is 2.53. The fourth-order valence-electron chi connectivity index (χ4n) is 4.41. The molecule has 0 atom stereocenters. The average Bonchev–Trinajstić information content (AvgIpc) is 3.00. The van der Waals surface area contributed by atoms with Gasteiger partial charge in [-0.2, -0.15) is 8.42 Å². The molecule has 0 saturated carbocycles. The molecule has 0 spiro atoms. The number of benzene rings is 3. The summed E-state index contributed by atoms with van der Waals surface area (Å²) in [6.45, 7) is 2.25. The largest absolute Gasteiger partial charge is 0.573 e. The number of hydrogen-bond acceptors (Lipinski definition) is 10. The minimum atomic E-state index is -4.81. The van der Waals surface area contributed by atoms with Crippen molar-refractivity contribution >= 4 is 25.9 Å². The first-order valence-corrected chi connectivity index (χ1v) is 16.5. The van der Waals surface area contributed by atoms with Gasteiger partial charge in [-0.1, -0.05) is 17.7 Å². The van der Waals surface area contributed by atoms with E-state index in [0.717, 1.165) is 17.7 Å². The number of sulfone groups is 1.